The van der Waals surface area contributed by atoms with Gasteiger partial charge in [0.25, 0.3) is 0 Å². The van der Waals surface area contributed by atoms with Gasteiger partial charge in [0.1, 0.15) is 0 Å². The van der Waals surface area contributed by atoms with E-state index >= 15 is 0 Å². The van der Waals surface area contributed by atoms with Crippen LogP contribution in [-0.4, -0.2) is 14.7 Å². The summed E-state index contributed by atoms with van der Waals surface area (Å²) in [5, 5.41) is -0.196. The zero-order valence-electron chi connectivity index (χ0n) is 10.7. The molecule has 0 amide bonds. The first kappa shape index (κ1) is 13.5. The standard InChI is InChI=1S/C14H14O4S/c1-3-11-6-4-5-10(2)14(11)19(16,17)13-8-7-12(9-15)18-13/h4-9H,3H2,1-2H3. The lowest BCUT2D eigenvalue weighted by atomic mass is 10.1. The molecule has 0 radical (unpaired) electrons. The van der Waals surface area contributed by atoms with Gasteiger partial charge in [-0.2, -0.15) is 0 Å². The summed E-state index contributed by atoms with van der Waals surface area (Å²) in [6, 6.07) is 8.01. The number of aldehydes is 1. The summed E-state index contributed by atoms with van der Waals surface area (Å²) in [6.45, 7) is 3.64. The van der Waals surface area contributed by atoms with E-state index in [0.29, 0.717) is 18.3 Å². The predicted molar refractivity (Wildman–Crippen MR) is 70.1 cm³/mol. The van der Waals surface area contributed by atoms with Gasteiger partial charge in [-0.25, -0.2) is 8.42 Å². The number of aryl methyl sites for hydroxylation is 2. The molecule has 0 fully saturated rings. The number of rotatable bonds is 4. The first-order chi connectivity index (χ1) is 9.00. The molecular formula is C14H14O4S. The van der Waals surface area contributed by atoms with E-state index in [1.54, 1.807) is 19.1 Å². The Kier molecular flexibility index (Phi) is 3.57. The van der Waals surface area contributed by atoms with Crippen molar-refractivity contribution in [3.8, 4) is 0 Å². The molecule has 0 N–H and O–H groups in total. The maximum absolute atomic E-state index is 12.6. The highest BCUT2D eigenvalue weighted by atomic mass is 32.2. The van der Waals surface area contributed by atoms with Crippen LogP contribution in [0.25, 0.3) is 0 Å². The Morgan fingerprint density at radius 3 is 2.53 bits per heavy atom. The van der Waals surface area contributed by atoms with Gasteiger partial charge < -0.3 is 4.42 Å². The molecule has 100 valence electrons. The highest BCUT2D eigenvalue weighted by Crippen LogP contribution is 2.28. The van der Waals surface area contributed by atoms with Gasteiger partial charge in [0, 0.05) is 0 Å². The Labute approximate surface area is 112 Å². The van der Waals surface area contributed by atoms with Crippen molar-refractivity contribution in [2.75, 3.05) is 0 Å². The number of furan rings is 1. The van der Waals surface area contributed by atoms with Gasteiger partial charge in [0.05, 0.1) is 4.90 Å². The first-order valence-electron chi connectivity index (χ1n) is 5.89. The van der Waals surface area contributed by atoms with Gasteiger partial charge in [-0.15, -0.1) is 0 Å². The van der Waals surface area contributed by atoms with E-state index in [9.17, 15) is 13.2 Å². The van der Waals surface area contributed by atoms with E-state index in [-0.39, 0.29) is 15.7 Å². The minimum absolute atomic E-state index is 0.00482. The molecule has 0 saturated carbocycles. The molecule has 0 saturated heterocycles. The molecule has 0 aliphatic rings. The van der Waals surface area contributed by atoms with Crippen molar-refractivity contribution in [3.05, 3.63) is 47.2 Å². The topological polar surface area (TPSA) is 64.3 Å². The summed E-state index contributed by atoms with van der Waals surface area (Å²) in [7, 11) is -3.73. The fourth-order valence-electron chi connectivity index (χ4n) is 2.02. The minimum atomic E-state index is -3.73. The van der Waals surface area contributed by atoms with E-state index in [0.717, 1.165) is 5.56 Å². The molecule has 2 rings (SSSR count). The molecule has 5 heteroatoms. The Morgan fingerprint density at radius 2 is 1.95 bits per heavy atom. The van der Waals surface area contributed by atoms with Crippen molar-refractivity contribution in [3.63, 3.8) is 0 Å². The van der Waals surface area contributed by atoms with Crippen LogP contribution >= 0.6 is 0 Å². The highest BCUT2D eigenvalue weighted by Gasteiger charge is 2.26. The average Bonchev–Trinajstić information content (AvgIpc) is 2.87. The fourth-order valence-corrected chi connectivity index (χ4v) is 3.72. The molecule has 1 aromatic heterocycles. The molecule has 4 nitrogen and oxygen atoms in total. The van der Waals surface area contributed by atoms with Crippen LogP contribution in [0.5, 0.6) is 0 Å². The third-order valence-electron chi connectivity index (χ3n) is 2.93. The lowest BCUT2D eigenvalue weighted by Gasteiger charge is -2.10. The molecule has 1 heterocycles. The second-order valence-corrected chi connectivity index (χ2v) is 6.01. The molecule has 0 aliphatic carbocycles. The van der Waals surface area contributed by atoms with Crippen molar-refractivity contribution in [2.24, 2.45) is 0 Å². The Balaban J connectivity index is 2.66. The van der Waals surface area contributed by atoms with Crippen molar-refractivity contribution in [1.29, 1.82) is 0 Å². The number of hydrogen-bond donors (Lipinski definition) is 0. The maximum atomic E-state index is 12.6. The first-order valence-corrected chi connectivity index (χ1v) is 7.37. The molecule has 19 heavy (non-hydrogen) atoms. The number of sulfone groups is 1. The Bertz CT molecular complexity index is 711. The monoisotopic (exact) mass is 278 g/mol. The SMILES string of the molecule is CCc1cccc(C)c1S(=O)(=O)c1ccc(C=O)o1. The van der Waals surface area contributed by atoms with Crippen molar-refractivity contribution in [1.82, 2.24) is 0 Å². The third-order valence-corrected chi connectivity index (χ3v) is 4.80. The number of carbonyl (C=O) groups excluding carboxylic acids is 1. The van der Waals surface area contributed by atoms with Crippen LogP contribution in [0.1, 0.15) is 28.6 Å². The van der Waals surface area contributed by atoms with E-state index in [1.807, 2.05) is 13.0 Å². The quantitative estimate of drug-likeness (QED) is 0.807. The van der Waals surface area contributed by atoms with Crippen LogP contribution in [0.2, 0.25) is 0 Å². The summed E-state index contributed by atoms with van der Waals surface area (Å²) < 4.78 is 30.2. The molecule has 0 atom stereocenters. The van der Waals surface area contributed by atoms with Gasteiger partial charge in [-0.3, -0.25) is 4.79 Å². The summed E-state index contributed by atoms with van der Waals surface area (Å²) in [6.07, 6.45) is 1.09. The summed E-state index contributed by atoms with van der Waals surface area (Å²) in [5.41, 5.74) is 1.41. The molecule has 1 aromatic carbocycles. The van der Waals surface area contributed by atoms with Crippen LogP contribution < -0.4 is 0 Å². The number of benzene rings is 1. The zero-order valence-corrected chi connectivity index (χ0v) is 11.5. The predicted octanol–water partition coefficient (Wildman–Crippen LogP) is 2.80. The van der Waals surface area contributed by atoms with Crippen molar-refractivity contribution in [2.45, 2.75) is 30.3 Å². The minimum Gasteiger partial charge on any atom is -0.442 e. The smallest absolute Gasteiger partial charge is 0.240 e. The van der Waals surface area contributed by atoms with Crippen molar-refractivity contribution >= 4 is 16.1 Å². The third kappa shape index (κ3) is 2.33. The molecular weight excluding hydrogens is 264 g/mol. The van der Waals surface area contributed by atoms with E-state index in [4.69, 9.17) is 4.42 Å². The molecule has 0 unspecified atom stereocenters. The lowest BCUT2D eigenvalue weighted by molar-refractivity contribution is 0.109. The van der Waals surface area contributed by atoms with Gasteiger partial charge in [-0.05, 0) is 36.6 Å². The largest absolute Gasteiger partial charge is 0.442 e. The lowest BCUT2D eigenvalue weighted by Crippen LogP contribution is -2.06. The summed E-state index contributed by atoms with van der Waals surface area (Å²) >= 11 is 0. The fraction of sp³-hybridized carbons (Fsp3) is 0.214. The van der Waals surface area contributed by atoms with Crippen LogP contribution in [0, 0.1) is 6.92 Å². The maximum Gasteiger partial charge on any atom is 0.240 e. The summed E-state index contributed by atoms with van der Waals surface area (Å²) in [4.78, 5) is 10.9. The Hall–Kier alpha value is -1.88. The van der Waals surface area contributed by atoms with Crippen LogP contribution in [0.3, 0.4) is 0 Å². The van der Waals surface area contributed by atoms with E-state index in [1.165, 1.54) is 12.1 Å². The molecule has 0 aliphatic heterocycles. The van der Waals surface area contributed by atoms with E-state index < -0.39 is 9.84 Å². The van der Waals surface area contributed by atoms with Crippen molar-refractivity contribution < 1.29 is 17.6 Å². The molecule has 0 spiro atoms. The van der Waals surface area contributed by atoms with Gasteiger partial charge >= 0.3 is 0 Å². The van der Waals surface area contributed by atoms with Crippen LogP contribution in [0.15, 0.2) is 44.7 Å². The number of hydrogen-bond acceptors (Lipinski definition) is 4. The van der Waals surface area contributed by atoms with Crippen LogP contribution in [0.4, 0.5) is 0 Å². The average molecular weight is 278 g/mol. The van der Waals surface area contributed by atoms with Gasteiger partial charge in [0.15, 0.2) is 12.0 Å². The highest BCUT2D eigenvalue weighted by molar-refractivity contribution is 7.91. The van der Waals surface area contributed by atoms with Gasteiger partial charge in [0.2, 0.25) is 14.9 Å². The van der Waals surface area contributed by atoms with Gasteiger partial charge in [-0.1, -0.05) is 25.1 Å². The van der Waals surface area contributed by atoms with Crippen LogP contribution in [-0.2, 0) is 16.3 Å². The van der Waals surface area contributed by atoms with E-state index in [2.05, 4.69) is 0 Å². The summed E-state index contributed by atoms with van der Waals surface area (Å²) in [5.74, 6) is 0.00482. The number of carbonyl (C=O) groups is 1. The second kappa shape index (κ2) is 5.01. The molecule has 0 bridgehead atoms. The Morgan fingerprint density at radius 1 is 1.21 bits per heavy atom. The normalized spacial score (nSPS) is 11.5. The molecule has 2 aromatic rings. The zero-order chi connectivity index (χ0) is 14.0. The second-order valence-electron chi connectivity index (χ2n) is 4.19.